The summed E-state index contributed by atoms with van der Waals surface area (Å²) in [5.41, 5.74) is 0. The average Bonchev–Trinajstić information content (AvgIpc) is 0. The molecule has 4 heteroatoms. The molecule has 0 rings (SSSR count). The molecule has 0 bridgehead atoms. The van der Waals surface area contributed by atoms with Crippen LogP contribution >= 0.6 is 0 Å². The Kier molecular flexibility index (Phi) is 152. The van der Waals surface area contributed by atoms with Crippen LogP contribution in [0.15, 0.2) is 0 Å². The molecule has 0 spiro atoms. The Hall–Kier alpha value is 2.34. The Morgan fingerprint density at radius 1 is 0.500 bits per heavy atom. The van der Waals surface area contributed by atoms with Crippen molar-refractivity contribution in [1.82, 2.24) is 0 Å². The van der Waals surface area contributed by atoms with Crippen LogP contribution in [0.4, 0.5) is 0 Å². The van der Waals surface area contributed by atoms with Crippen molar-refractivity contribution in [2.75, 3.05) is 0 Å². The van der Waals surface area contributed by atoms with Crippen LogP contribution in [0, 0.1) is 0 Å². The van der Waals surface area contributed by atoms with Gasteiger partial charge in [0.25, 0.3) is 0 Å². The Morgan fingerprint density at radius 2 is 0.500 bits per heavy atom. The van der Waals surface area contributed by atoms with Crippen molar-refractivity contribution in [2.45, 2.75) is 0 Å². The summed E-state index contributed by atoms with van der Waals surface area (Å²) >= 11 is 0. The van der Waals surface area contributed by atoms with Gasteiger partial charge in [-0.3, -0.25) is 0 Å². The summed E-state index contributed by atoms with van der Waals surface area (Å²) in [5, 5.41) is 0. The van der Waals surface area contributed by atoms with Gasteiger partial charge in [0.1, 0.15) is 0 Å². The molecule has 0 aliphatic rings. The van der Waals surface area contributed by atoms with E-state index in [9.17, 15) is 0 Å². The van der Waals surface area contributed by atoms with Gasteiger partial charge in [-0.2, -0.15) is 0 Å². The molecule has 0 aromatic carbocycles. The topological polar surface area (TPSA) is 0 Å². The molecule has 0 amide bonds. The van der Waals surface area contributed by atoms with E-state index < -0.39 is 0 Å². The molecule has 14 valence electrons. The molecule has 0 aromatic heterocycles. The maximum atomic E-state index is 0. The van der Waals surface area contributed by atoms with Gasteiger partial charge in [-0.05, 0) is 0 Å². The molecule has 4 heavy (non-hydrogen) atoms. The zero-order valence-corrected chi connectivity index (χ0v) is 7.84. The van der Waals surface area contributed by atoms with E-state index in [1.807, 2.05) is 0 Å². The zero-order chi connectivity index (χ0) is 0. The van der Waals surface area contributed by atoms with Gasteiger partial charge in [0.2, 0.25) is 0 Å². The molecule has 0 nitrogen and oxygen atoms in total. The monoisotopic (exact) mass is 174 g/mol. The maximum absolute atomic E-state index is 0. The van der Waals surface area contributed by atoms with Gasteiger partial charge in [0, 0.05) is 74.5 Å². The second-order valence-corrected chi connectivity index (χ2v) is 0. The summed E-state index contributed by atoms with van der Waals surface area (Å²) < 4.78 is 0. The first-order valence-corrected chi connectivity index (χ1v) is 0. The second-order valence-electron chi connectivity index (χ2n) is 0. The number of hydrogen-bond donors (Lipinski definition) is 0. The summed E-state index contributed by atoms with van der Waals surface area (Å²) in [6.45, 7) is 0. The van der Waals surface area contributed by atoms with Crippen LogP contribution < -0.4 is 0 Å². The van der Waals surface area contributed by atoms with Crippen LogP contribution in [0.1, 0.15) is 0 Å². The van der Waals surface area contributed by atoms with Crippen molar-refractivity contribution in [3.05, 3.63) is 0 Å². The second kappa shape index (κ2) is 18.4. The zero-order valence-electron chi connectivity index (χ0n) is 2.18. The largest absolute Gasteiger partial charge is 0 e. The molecule has 0 unspecified atom stereocenters. The fourth-order valence-corrected chi connectivity index (χ4v) is 0. The summed E-state index contributed by atoms with van der Waals surface area (Å²) in [6, 6.07) is 0. The molecule has 0 aliphatic heterocycles. The Labute approximate surface area is 73.6 Å². The summed E-state index contributed by atoms with van der Waals surface area (Å²) in [6.07, 6.45) is 0. The molecule has 0 N–H and O–H groups in total. The van der Waals surface area contributed by atoms with Crippen LogP contribution in [0.25, 0.3) is 0 Å². The smallest absolute Gasteiger partial charge is 0 e. The standard InChI is InChI=1S/3Al.Nb. The molecule has 0 atom stereocenters. The van der Waals surface area contributed by atoms with Crippen LogP contribution in [0.5, 0.6) is 0 Å². The van der Waals surface area contributed by atoms with Gasteiger partial charge in [-0.15, -0.1) is 0 Å². The van der Waals surface area contributed by atoms with Crippen molar-refractivity contribution >= 4 is 52.1 Å². The van der Waals surface area contributed by atoms with Crippen LogP contribution in [-0.2, 0) is 22.4 Å². The van der Waals surface area contributed by atoms with E-state index in [2.05, 4.69) is 0 Å². The summed E-state index contributed by atoms with van der Waals surface area (Å²) in [5.74, 6) is 0. The molecular formula is Al3Nb. The number of rotatable bonds is 0. The normalized spacial score (nSPS) is 0. The van der Waals surface area contributed by atoms with E-state index in [0.717, 1.165) is 0 Å². The Balaban J connectivity index is 0. The van der Waals surface area contributed by atoms with Crippen molar-refractivity contribution in [1.29, 1.82) is 0 Å². The van der Waals surface area contributed by atoms with Gasteiger partial charge in [0.05, 0.1) is 0 Å². The van der Waals surface area contributed by atoms with Crippen molar-refractivity contribution < 1.29 is 22.4 Å². The first-order valence-electron chi connectivity index (χ1n) is 0. The third-order valence-electron chi connectivity index (χ3n) is 0. The van der Waals surface area contributed by atoms with Crippen LogP contribution in [0.3, 0.4) is 0 Å². The molecule has 0 saturated heterocycles. The Bertz CT molecular complexity index is 3.25. The van der Waals surface area contributed by atoms with Gasteiger partial charge < -0.3 is 0 Å². The first-order chi connectivity index (χ1) is 0. The van der Waals surface area contributed by atoms with E-state index >= 15 is 0 Å². The molecule has 0 aliphatic carbocycles. The molecule has 0 aromatic rings. The molecule has 0 saturated carbocycles. The minimum Gasteiger partial charge on any atom is 0 e. The minimum atomic E-state index is 0. The predicted octanol–water partition coefficient (Wildman–Crippen LogP) is -1.14. The van der Waals surface area contributed by atoms with E-state index in [1.165, 1.54) is 0 Å². The van der Waals surface area contributed by atoms with Crippen molar-refractivity contribution in [2.24, 2.45) is 0 Å². The average molecular weight is 174 g/mol. The summed E-state index contributed by atoms with van der Waals surface area (Å²) in [7, 11) is 0. The minimum absolute atomic E-state index is 0. The van der Waals surface area contributed by atoms with E-state index in [0.29, 0.717) is 0 Å². The molecule has 0 fully saturated rings. The van der Waals surface area contributed by atoms with Crippen molar-refractivity contribution in [3.8, 4) is 0 Å². The third-order valence-corrected chi connectivity index (χ3v) is 0. The van der Waals surface area contributed by atoms with Crippen molar-refractivity contribution in [3.63, 3.8) is 0 Å². The number of hydrogen-bond acceptors (Lipinski definition) is 0. The maximum Gasteiger partial charge on any atom is 0 e. The third kappa shape index (κ3) is 8.84. The van der Waals surface area contributed by atoms with Gasteiger partial charge in [-0.25, -0.2) is 0 Å². The first kappa shape index (κ1) is 33.0. The van der Waals surface area contributed by atoms with Gasteiger partial charge in [-0.1, -0.05) is 0 Å². The SMILES string of the molecule is [Al].[Al].[Al].[Nb]. The molecular weight excluding hydrogens is 174 g/mol. The Morgan fingerprint density at radius 3 is 0.500 bits per heavy atom. The predicted molar refractivity (Wildman–Crippen MR) is 17.3 cm³/mol. The van der Waals surface area contributed by atoms with Gasteiger partial charge >= 0.3 is 0 Å². The van der Waals surface area contributed by atoms with E-state index in [1.54, 1.807) is 0 Å². The van der Waals surface area contributed by atoms with E-state index in [4.69, 9.17) is 0 Å². The quantitative estimate of drug-likeness (QED) is 0.407. The fraction of sp³-hybridized carbons (Fsp3) is 0. The van der Waals surface area contributed by atoms with E-state index in [-0.39, 0.29) is 74.5 Å². The van der Waals surface area contributed by atoms with Crippen LogP contribution in [0.2, 0.25) is 0 Å². The molecule has 0 heterocycles. The summed E-state index contributed by atoms with van der Waals surface area (Å²) in [4.78, 5) is 0. The fourth-order valence-electron chi connectivity index (χ4n) is 0. The van der Waals surface area contributed by atoms with Crippen LogP contribution in [-0.4, -0.2) is 52.1 Å². The molecule has 10 radical (unpaired) electrons. The van der Waals surface area contributed by atoms with Gasteiger partial charge in [0.15, 0.2) is 0 Å².